The summed E-state index contributed by atoms with van der Waals surface area (Å²) in [7, 11) is 1.56. The molecule has 0 saturated carbocycles. The summed E-state index contributed by atoms with van der Waals surface area (Å²) in [5.74, 6) is 1.25. The molecule has 0 aliphatic heterocycles. The van der Waals surface area contributed by atoms with Gasteiger partial charge in [0, 0.05) is 11.4 Å². The Morgan fingerprint density at radius 3 is 2.69 bits per heavy atom. The van der Waals surface area contributed by atoms with Gasteiger partial charge in [-0.25, -0.2) is 4.98 Å². The van der Waals surface area contributed by atoms with Crippen molar-refractivity contribution in [2.75, 3.05) is 12.4 Å². The molecule has 0 spiro atoms. The molecule has 4 nitrogen and oxygen atoms in total. The van der Waals surface area contributed by atoms with E-state index in [0.29, 0.717) is 11.3 Å². The van der Waals surface area contributed by atoms with Crippen molar-refractivity contribution in [1.82, 2.24) is 4.98 Å². The molecule has 0 bridgehead atoms. The van der Waals surface area contributed by atoms with Crippen molar-refractivity contribution in [3.8, 4) is 5.75 Å². The highest BCUT2D eigenvalue weighted by Gasteiger charge is 2.13. The number of para-hydroxylation sites is 1. The Hall–Kier alpha value is -2.83. The molecule has 4 rings (SSSR count). The van der Waals surface area contributed by atoms with E-state index in [1.54, 1.807) is 42.3 Å². The first kappa shape index (κ1) is 19.5. The fourth-order valence-electron chi connectivity index (χ4n) is 2.90. The number of benzene rings is 3. The van der Waals surface area contributed by atoms with Gasteiger partial charge in [0.2, 0.25) is 0 Å². The van der Waals surface area contributed by atoms with Gasteiger partial charge in [-0.1, -0.05) is 53.7 Å². The number of aromatic nitrogens is 1. The van der Waals surface area contributed by atoms with Gasteiger partial charge in [0.05, 0.1) is 22.9 Å². The number of anilines is 1. The van der Waals surface area contributed by atoms with E-state index in [9.17, 15) is 4.79 Å². The molecule has 146 valence electrons. The van der Waals surface area contributed by atoms with Gasteiger partial charge in [-0.05, 0) is 42.8 Å². The van der Waals surface area contributed by atoms with Crippen LogP contribution in [0.25, 0.3) is 10.2 Å². The summed E-state index contributed by atoms with van der Waals surface area (Å²) >= 11 is 3.37. The summed E-state index contributed by atoms with van der Waals surface area (Å²) in [5, 5.41) is 2.95. The van der Waals surface area contributed by atoms with Crippen LogP contribution in [0.15, 0.2) is 71.1 Å². The van der Waals surface area contributed by atoms with E-state index in [2.05, 4.69) is 36.5 Å². The number of fused-ring (bicyclic) bond motifs is 1. The zero-order valence-corrected chi connectivity index (χ0v) is 17.8. The van der Waals surface area contributed by atoms with Crippen molar-refractivity contribution >= 4 is 44.9 Å². The Bertz CT molecular complexity index is 1150. The Morgan fingerprint density at radius 1 is 1.10 bits per heavy atom. The van der Waals surface area contributed by atoms with E-state index in [1.807, 2.05) is 30.3 Å². The number of amides is 1. The fourth-order valence-corrected chi connectivity index (χ4v) is 4.97. The van der Waals surface area contributed by atoms with Crippen LogP contribution in [0.4, 0.5) is 5.69 Å². The molecule has 6 heteroatoms. The van der Waals surface area contributed by atoms with Crippen LogP contribution in [-0.2, 0) is 5.75 Å². The molecular formula is C23H20N2O2S2. The lowest BCUT2D eigenvalue weighted by atomic mass is 10.2. The fraction of sp³-hybridized carbons (Fsp3) is 0.130. The Labute approximate surface area is 177 Å². The van der Waals surface area contributed by atoms with E-state index >= 15 is 0 Å². The minimum Gasteiger partial charge on any atom is -0.496 e. The van der Waals surface area contributed by atoms with Crippen LogP contribution in [0.1, 0.15) is 21.5 Å². The normalized spacial score (nSPS) is 10.8. The summed E-state index contributed by atoms with van der Waals surface area (Å²) in [6.07, 6.45) is 0. The number of thiazole rings is 1. The summed E-state index contributed by atoms with van der Waals surface area (Å²) in [6.45, 7) is 2.09. The average Bonchev–Trinajstić information content (AvgIpc) is 3.15. The van der Waals surface area contributed by atoms with Crippen molar-refractivity contribution in [2.45, 2.75) is 17.0 Å². The predicted octanol–water partition coefficient (Wildman–Crippen LogP) is 6.16. The lowest BCUT2D eigenvalue weighted by Gasteiger charge is -2.09. The third-order valence-corrected chi connectivity index (χ3v) is 6.69. The lowest BCUT2D eigenvalue weighted by molar-refractivity contribution is 0.102. The summed E-state index contributed by atoms with van der Waals surface area (Å²) in [4.78, 5) is 17.3. The lowest BCUT2D eigenvalue weighted by Crippen LogP contribution is -2.12. The number of nitrogens with zero attached hydrogens (tertiary/aromatic N) is 1. The van der Waals surface area contributed by atoms with Gasteiger partial charge in [-0.3, -0.25) is 4.79 Å². The molecular weight excluding hydrogens is 400 g/mol. The molecule has 29 heavy (non-hydrogen) atoms. The van der Waals surface area contributed by atoms with Gasteiger partial charge in [0.25, 0.3) is 5.91 Å². The van der Waals surface area contributed by atoms with Crippen LogP contribution in [0, 0.1) is 6.92 Å². The molecule has 1 heterocycles. The number of thioether (sulfide) groups is 1. The minimum absolute atomic E-state index is 0.194. The molecule has 0 fully saturated rings. The standard InChI is InChI=1S/C23H20N2O2S2/c1-15-7-9-16(10-8-15)14-28-23-25-19-12-11-17(13-21(19)29-23)24-22(26)18-5-3-4-6-20(18)27-2/h3-13H,14H2,1-2H3,(H,24,26). The Balaban J connectivity index is 1.48. The zero-order chi connectivity index (χ0) is 20.2. The van der Waals surface area contributed by atoms with Crippen LogP contribution in [0.3, 0.4) is 0 Å². The summed E-state index contributed by atoms with van der Waals surface area (Å²) in [5.41, 5.74) is 4.74. The number of carbonyl (C=O) groups is 1. The van der Waals surface area contributed by atoms with Gasteiger partial charge in [-0.15, -0.1) is 11.3 Å². The molecule has 0 unspecified atom stereocenters. The summed E-state index contributed by atoms with van der Waals surface area (Å²) < 4.78 is 7.35. The van der Waals surface area contributed by atoms with Crippen molar-refractivity contribution in [3.63, 3.8) is 0 Å². The molecule has 0 aliphatic rings. The van der Waals surface area contributed by atoms with E-state index in [1.165, 1.54) is 11.1 Å². The second-order valence-corrected chi connectivity index (χ2v) is 8.84. The predicted molar refractivity (Wildman–Crippen MR) is 121 cm³/mol. The van der Waals surface area contributed by atoms with Crippen molar-refractivity contribution in [2.24, 2.45) is 0 Å². The van der Waals surface area contributed by atoms with E-state index in [0.717, 1.165) is 26.0 Å². The number of hydrogen-bond donors (Lipinski definition) is 1. The maximum absolute atomic E-state index is 12.6. The van der Waals surface area contributed by atoms with Crippen LogP contribution in [0.2, 0.25) is 0 Å². The monoisotopic (exact) mass is 420 g/mol. The number of carbonyl (C=O) groups excluding carboxylic acids is 1. The maximum Gasteiger partial charge on any atom is 0.259 e. The second-order valence-electron chi connectivity index (χ2n) is 6.59. The number of rotatable bonds is 6. The Kier molecular flexibility index (Phi) is 5.83. The number of aryl methyl sites for hydroxylation is 1. The van der Waals surface area contributed by atoms with E-state index in [4.69, 9.17) is 9.72 Å². The number of methoxy groups -OCH3 is 1. The second kappa shape index (κ2) is 8.68. The highest BCUT2D eigenvalue weighted by Crippen LogP contribution is 2.33. The molecule has 1 N–H and O–H groups in total. The van der Waals surface area contributed by atoms with Crippen molar-refractivity contribution in [3.05, 3.63) is 83.4 Å². The average molecular weight is 421 g/mol. The van der Waals surface area contributed by atoms with Gasteiger partial charge in [0.1, 0.15) is 5.75 Å². The molecule has 4 aromatic rings. The van der Waals surface area contributed by atoms with Gasteiger partial charge < -0.3 is 10.1 Å². The Morgan fingerprint density at radius 2 is 1.90 bits per heavy atom. The van der Waals surface area contributed by atoms with Gasteiger partial charge >= 0.3 is 0 Å². The van der Waals surface area contributed by atoms with Gasteiger partial charge in [0.15, 0.2) is 4.34 Å². The highest BCUT2D eigenvalue weighted by molar-refractivity contribution is 8.00. The summed E-state index contributed by atoms with van der Waals surface area (Å²) in [6, 6.07) is 21.5. The van der Waals surface area contributed by atoms with Crippen LogP contribution in [0.5, 0.6) is 5.75 Å². The van der Waals surface area contributed by atoms with Crippen LogP contribution < -0.4 is 10.1 Å². The number of nitrogens with one attached hydrogen (secondary N) is 1. The topological polar surface area (TPSA) is 51.2 Å². The first-order chi connectivity index (χ1) is 14.1. The smallest absolute Gasteiger partial charge is 0.259 e. The van der Waals surface area contributed by atoms with Gasteiger partial charge in [-0.2, -0.15) is 0 Å². The third-order valence-electron chi connectivity index (χ3n) is 4.46. The van der Waals surface area contributed by atoms with Crippen molar-refractivity contribution < 1.29 is 9.53 Å². The molecule has 0 radical (unpaired) electrons. The maximum atomic E-state index is 12.6. The highest BCUT2D eigenvalue weighted by atomic mass is 32.2. The minimum atomic E-state index is -0.194. The van der Waals surface area contributed by atoms with Crippen LogP contribution in [-0.4, -0.2) is 18.0 Å². The van der Waals surface area contributed by atoms with E-state index < -0.39 is 0 Å². The molecule has 0 aliphatic carbocycles. The number of ether oxygens (including phenoxy) is 1. The molecule has 0 saturated heterocycles. The largest absolute Gasteiger partial charge is 0.496 e. The molecule has 3 aromatic carbocycles. The molecule has 1 amide bonds. The van der Waals surface area contributed by atoms with Crippen molar-refractivity contribution in [1.29, 1.82) is 0 Å². The molecule has 0 atom stereocenters. The quantitative estimate of drug-likeness (QED) is 0.380. The number of hydrogen-bond acceptors (Lipinski definition) is 5. The van der Waals surface area contributed by atoms with E-state index in [-0.39, 0.29) is 5.91 Å². The first-order valence-electron chi connectivity index (χ1n) is 9.16. The third kappa shape index (κ3) is 4.60. The zero-order valence-electron chi connectivity index (χ0n) is 16.1. The molecule has 1 aromatic heterocycles. The van der Waals surface area contributed by atoms with Crippen LogP contribution >= 0.6 is 23.1 Å². The SMILES string of the molecule is COc1ccccc1C(=O)Nc1ccc2nc(SCc3ccc(C)cc3)sc2c1. The first-order valence-corrected chi connectivity index (χ1v) is 11.0.